The molecule has 0 unspecified atom stereocenters. The number of methoxy groups -OCH3 is 3. The number of nitrogens with zero attached hydrogens (tertiary/aromatic N) is 3. The van der Waals surface area contributed by atoms with Crippen LogP contribution in [0.4, 0.5) is 5.95 Å². The first-order chi connectivity index (χ1) is 10.1. The van der Waals surface area contributed by atoms with Crippen LogP contribution in [0.2, 0.25) is 0 Å². The number of nitrogens with two attached hydrogens (primary N) is 1. The number of rotatable bonds is 5. The molecule has 0 bridgehead atoms. The van der Waals surface area contributed by atoms with Crippen molar-refractivity contribution in [3.8, 4) is 17.2 Å². The van der Waals surface area contributed by atoms with Gasteiger partial charge in [-0.15, -0.1) is 0 Å². The van der Waals surface area contributed by atoms with Crippen molar-refractivity contribution in [2.45, 2.75) is 6.92 Å². The highest BCUT2D eigenvalue weighted by Crippen LogP contribution is 2.37. The van der Waals surface area contributed by atoms with Crippen molar-refractivity contribution in [2.24, 2.45) is 5.10 Å². The van der Waals surface area contributed by atoms with Gasteiger partial charge in [0.1, 0.15) is 0 Å². The molecule has 1 aromatic heterocycles. The van der Waals surface area contributed by atoms with Crippen LogP contribution < -0.4 is 19.9 Å². The maximum Gasteiger partial charge on any atom is 0.221 e. The van der Waals surface area contributed by atoms with E-state index in [1.807, 2.05) is 6.92 Å². The molecule has 1 aromatic carbocycles. The van der Waals surface area contributed by atoms with Crippen molar-refractivity contribution in [3.05, 3.63) is 29.6 Å². The van der Waals surface area contributed by atoms with E-state index in [4.69, 9.17) is 19.9 Å². The van der Waals surface area contributed by atoms with Gasteiger partial charge in [0.25, 0.3) is 0 Å². The molecule has 0 spiro atoms. The van der Waals surface area contributed by atoms with Crippen LogP contribution in [0.1, 0.15) is 11.3 Å². The molecule has 21 heavy (non-hydrogen) atoms. The van der Waals surface area contributed by atoms with E-state index in [9.17, 15) is 0 Å². The van der Waals surface area contributed by atoms with Crippen LogP contribution in [0.3, 0.4) is 0 Å². The molecule has 0 amide bonds. The molecule has 7 heteroatoms. The molecule has 0 atom stereocenters. The number of aromatic nitrogens is 2. The molecule has 0 saturated carbocycles. The van der Waals surface area contributed by atoms with Crippen molar-refractivity contribution in [1.82, 2.24) is 9.66 Å². The van der Waals surface area contributed by atoms with Gasteiger partial charge in [-0.05, 0) is 19.1 Å². The maximum atomic E-state index is 5.73. The summed E-state index contributed by atoms with van der Waals surface area (Å²) in [6.45, 7) is 1.85. The van der Waals surface area contributed by atoms with Gasteiger partial charge in [0.05, 0.1) is 39.4 Å². The Hall–Kier alpha value is -2.70. The Balaban J connectivity index is 2.38. The van der Waals surface area contributed by atoms with Crippen LogP contribution in [0.15, 0.2) is 23.4 Å². The highest BCUT2D eigenvalue weighted by atomic mass is 16.5. The van der Waals surface area contributed by atoms with Crippen LogP contribution in [-0.4, -0.2) is 37.2 Å². The minimum absolute atomic E-state index is 0.330. The smallest absolute Gasteiger partial charge is 0.221 e. The molecular formula is C14H18N4O3. The Kier molecular flexibility index (Phi) is 4.32. The Bertz CT molecular complexity index is 639. The quantitative estimate of drug-likeness (QED) is 0.847. The molecular weight excluding hydrogens is 272 g/mol. The van der Waals surface area contributed by atoms with E-state index < -0.39 is 0 Å². The number of anilines is 1. The number of benzene rings is 1. The van der Waals surface area contributed by atoms with Gasteiger partial charge in [0.15, 0.2) is 11.5 Å². The second kappa shape index (κ2) is 6.17. The zero-order valence-corrected chi connectivity index (χ0v) is 12.5. The molecule has 1 heterocycles. The SMILES string of the molecule is COc1cc(C=Nn2cc(C)nc2N)cc(OC)c1OC. The summed E-state index contributed by atoms with van der Waals surface area (Å²) >= 11 is 0. The number of ether oxygens (including phenoxy) is 3. The summed E-state index contributed by atoms with van der Waals surface area (Å²) < 4.78 is 17.3. The van der Waals surface area contributed by atoms with Gasteiger partial charge < -0.3 is 19.9 Å². The average Bonchev–Trinajstić information content (AvgIpc) is 2.81. The molecule has 0 aliphatic carbocycles. The van der Waals surface area contributed by atoms with Crippen molar-refractivity contribution in [3.63, 3.8) is 0 Å². The van der Waals surface area contributed by atoms with E-state index in [0.29, 0.717) is 23.2 Å². The maximum absolute atomic E-state index is 5.73. The van der Waals surface area contributed by atoms with Crippen molar-refractivity contribution < 1.29 is 14.2 Å². The van der Waals surface area contributed by atoms with E-state index in [1.165, 1.54) is 4.68 Å². The van der Waals surface area contributed by atoms with Gasteiger partial charge in [-0.25, -0.2) is 9.66 Å². The van der Waals surface area contributed by atoms with E-state index in [1.54, 1.807) is 45.9 Å². The Labute approximate surface area is 122 Å². The number of imidazole rings is 1. The molecule has 0 aliphatic rings. The lowest BCUT2D eigenvalue weighted by atomic mass is 10.2. The van der Waals surface area contributed by atoms with Crippen molar-refractivity contribution in [1.29, 1.82) is 0 Å². The van der Waals surface area contributed by atoms with Crippen LogP contribution in [0.5, 0.6) is 17.2 Å². The fourth-order valence-corrected chi connectivity index (χ4v) is 1.90. The number of hydrogen-bond acceptors (Lipinski definition) is 6. The Morgan fingerprint density at radius 3 is 2.19 bits per heavy atom. The van der Waals surface area contributed by atoms with Crippen LogP contribution in [-0.2, 0) is 0 Å². The molecule has 2 N–H and O–H groups in total. The third-order valence-electron chi connectivity index (χ3n) is 2.85. The molecule has 0 radical (unpaired) electrons. The highest BCUT2D eigenvalue weighted by molar-refractivity contribution is 5.82. The monoisotopic (exact) mass is 290 g/mol. The van der Waals surface area contributed by atoms with Gasteiger partial charge in [0.2, 0.25) is 11.7 Å². The average molecular weight is 290 g/mol. The fraction of sp³-hybridized carbons (Fsp3) is 0.286. The van der Waals surface area contributed by atoms with Gasteiger partial charge in [-0.2, -0.15) is 5.10 Å². The predicted molar refractivity (Wildman–Crippen MR) is 80.5 cm³/mol. The van der Waals surface area contributed by atoms with E-state index in [2.05, 4.69) is 10.1 Å². The number of nitrogen functional groups attached to an aromatic ring is 1. The van der Waals surface area contributed by atoms with Crippen LogP contribution in [0, 0.1) is 6.92 Å². The van der Waals surface area contributed by atoms with Gasteiger partial charge in [-0.3, -0.25) is 0 Å². The number of hydrogen-bond donors (Lipinski definition) is 1. The highest BCUT2D eigenvalue weighted by Gasteiger charge is 2.12. The summed E-state index contributed by atoms with van der Waals surface area (Å²) in [4.78, 5) is 4.08. The Morgan fingerprint density at radius 2 is 1.76 bits per heavy atom. The van der Waals surface area contributed by atoms with E-state index in [0.717, 1.165) is 11.3 Å². The molecule has 2 aromatic rings. The summed E-state index contributed by atoms with van der Waals surface area (Å²) in [6.07, 6.45) is 3.38. The minimum Gasteiger partial charge on any atom is -0.493 e. The van der Waals surface area contributed by atoms with Gasteiger partial charge >= 0.3 is 0 Å². The summed E-state index contributed by atoms with van der Waals surface area (Å²) in [5.41, 5.74) is 7.32. The topological polar surface area (TPSA) is 83.9 Å². The summed E-state index contributed by atoms with van der Waals surface area (Å²) in [6, 6.07) is 3.59. The minimum atomic E-state index is 0.330. The van der Waals surface area contributed by atoms with Crippen molar-refractivity contribution >= 4 is 12.2 Å². The zero-order chi connectivity index (χ0) is 15.4. The lowest BCUT2D eigenvalue weighted by Gasteiger charge is -2.12. The first-order valence-corrected chi connectivity index (χ1v) is 6.25. The summed E-state index contributed by atoms with van der Waals surface area (Å²) in [7, 11) is 4.69. The molecule has 0 saturated heterocycles. The molecule has 0 fully saturated rings. The summed E-state index contributed by atoms with van der Waals surface area (Å²) in [5, 5.41) is 4.26. The first-order valence-electron chi connectivity index (χ1n) is 6.25. The van der Waals surface area contributed by atoms with E-state index in [-0.39, 0.29) is 0 Å². The zero-order valence-electron chi connectivity index (χ0n) is 12.5. The number of aryl methyl sites for hydroxylation is 1. The lowest BCUT2D eigenvalue weighted by molar-refractivity contribution is 0.324. The fourth-order valence-electron chi connectivity index (χ4n) is 1.90. The van der Waals surface area contributed by atoms with Crippen LogP contribution >= 0.6 is 0 Å². The Morgan fingerprint density at radius 1 is 1.14 bits per heavy atom. The largest absolute Gasteiger partial charge is 0.493 e. The second-order valence-corrected chi connectivity index (χ2v) is 4.29. The third kappa shape index (κ3) is 3.07. The predicted octanol–water partition coefficient (Wildman–Crippen LogP) is 1.68. The molecule has 7 nitrogen and oxygen atoms in total. The van der Waals surface area contributed by atoms with E-state index >= 15 is 0 Å². The third-order valence-corrected chi connectivity index (χ3v) is 2.85. The second-order valence-electron chi connectivity index (χ2n) is 4.29. The molecule has 112 valence electrons. The summed E-state index contributed by atoms with van der Waals surface area (Å²) in [5.74, 6) is 1.99. The van der Waals surface area contributed by atoms with Gasteiger partial charge in [-0.1, -0.05) is 0 Å². The lowest BCUT2D eigenvalue weighted by Crippen LogP contribution is -1.99. The van der Waals surface area contributed by atoms with Gasteiger partial charge in [0, 0.05) is 5.56 Å². The van der Waals surface area contributed by atoms with Crippen LogP contribution in [0.25, 0.3) is 0 Å². The standard InChI is InChI=1S/C14H18N4O3/c1-9-8-18(14(15)17-9)16-7-10-5-11(19-2)13(21-4)12(6-10)20-3/h5-8H,1-4H3,(H2,15,17). The van der Waals surface area contributed by atoms with Crippen molar-refractivity contribution in [2.75, 3.05) is 27.1 Å². The molecule has 0 aliphatic heterocycles. The first kappa shape index (κ1) is 14.7. The molecule has 2 rings (SSSR count). The normalized spacial score (nSPS) is 10.9.